The lowest BCUT2D eigenvalue weighted by molar-refractivity contribution is 0.628. The van der Waals surface area contributed by atoms with E-state index < -0.39 is 5.82 Å². The maximum Gasteiger partial charge on any atom is 0.143 e. The lowest BCUT2D eigenvalue weighted by atomic mass is 10.2. The van der Waals surface area contributed by atoms with Crippen molar-refractivity contribution in [2.75, 3.05) is 0 Å². The Kier molecular flexibility index (Phi) is 3.79. The maximum absolute atomic E-state index is 12.9. The van der Waals surface area contributed by atoms with Crippen molar-refractivity contribution in [1.82, 2.24) is 0 Å². The van der Waals surface area contributed by atoms with Gasteiger partial charge >= 0.3 is 0 Å². The Bertz CT molecular complexity index is 347. The number of hydrogen-bond acceptors (Lipinski definition) is 0. The molecule has 68 valence electrons. The first-order chi connectivity index (χ1) is 6.24. The molecule has 0 spiro atoms. The normalized spacial score (nSPS) is 9.15. The molecule has 1 aromatic carbocycles. The molecule has 0 amide bonds. The van der Waals surface area contributed by atoms with Crippen LogP contribution in [0.15, 0.2) is 18.2 Å². The number of halogens is 2. The minimum atomic E-state index is -0.412. The van der Waals surface area contributed by atoms with Gasteiger partial charge in [-0.05, 0) is 24.6 Å². The molecule has 0 heterocycles. The summed E-state index contributed by atoms with van der Waals surface area (Å²) in [5.41, 5.74) is 0.676. The highest BCUT2D eigenvalue weighted by Gasteiger charge is 1.97. The average molecular weight is 197 g/mol. The van der Waals surface area contributed by atoms with E-state index in [2.05, 4.69) is 18.8 Å². The summed E-state index contributed by atoms with van der Waals surface area (Å²) in [5, 5.41) is 0.140. The standard InChI is InChI=1S/C11H10ClF/c1-2-3-4-5-9-6-7-10(12)11(13)8-9/h6-8H,2-3H2,1H3. The second-order valence-electron chi connectivity index (χ2n) is 2.68. The van der Waals surface area contributed by atoms with Crippen LogP contribution in [0.3, 0.4) is 0 Å². The summed E-state index contributed by atoms with van der Waals surface area (Å²) in [6.45, 7) is 2.05. The van der Waals surface area contributed by atoms with Crippen LogP contribution in [-0.2, 0) is 0 Å². The minimum Gasteiger partial charge on any atom is -0.205 e. The van der Waals surface area contributed by atoms with Gasteiger partial charge in [-0.1, -0.05) is 30.4 Å². The zero-order valence-electron chi connectivity index (χ0n) is 7.40. The second kappa shape index (κ2) is 4.89. The highest BCUT2D eigenvalue weighted by atomic mass is 35.5. The van der Waals surface area contributed by atoms with Gasteiger partial charge in [0.2, 0.25) is 0 Å². The number of rotatable bonds is 1. The zero-order chi connectivity index (χ0) is 9.68. The molecule has 0 aliphatic rings. The first-order valence-electron chi connectivity index (χ1n) is 4.18. The van der Waals surface area contributed by atoms with Gasteiger partial charge in [0.05, 0.1) is 5.02 Å². The number of hydrogen-bond donors (Lipinski definition) is 0. The van der Waals surface area contributed by atoms with Crippen LogP contribution in [0.1, 0.15) is 25.3 Å². The van der Waals surface area contributed by atoms with Crippen LogP contribution in [0.5, 0.6) is 0 Å². The molecule has 1 aromatic rings. The van der Waals surface area contributed by atoms with Gasteiger partial charge in [0.25, 0.3) is 0 Å². The third kappa shape index (κ3) is 3.08. The fourth-order valence-electron chi connectivity index (χ4n) is 0.863. The molecular weight excluding hydrogens is 187 g/mol. The topological polar surface area (TPSA) is 0 Å². The largest absolute Gasteiger partial charge is 0.205 e. The lowest BCUT2D eigenvalue weighted by Gasteiger charge is -1.93. The monoisotopic (exact) mass is 196 g/mol. The number of benzene rings is 1. The van der Waals surface area contributed by atoms with Crippen molar-refractivity contribution >= 4 is 11.6 Å². The Morgan fingerprint density at radius 2 is 2.23 bits per heavy atom. The van der Waals surface area contributed by atoms with E-state index in [1.54, 1.807) is 6.07 Å². The van der Waals surface area contributed by atoms with Crippen LogP contribution < -0.4 is 0 Å². The highest BCUT2D eigenvalue weighted by molar-refractivity contribution is 6.30. The van der Waals surface area contributed by atoms with Crippen molar-refractivity contribution in [2.24, 2.45) is 0 Å². The molecule has 0 fully saturated rings. The van der Waals surface area contributed by atoms with E-state index in [0.29, 0.717) is 5.56 Å². The average Bonchev–Trinajstić information content (AvgIpc) is 2.12. The molecule has 0 bridgehead atoms. The molecule has 0 radical (unpaired) electrons. The van der Waals surface area contributed by atoms with E-state index in [0.717, 1.165) is 12.8 Å². The smallest absolute Gasteiger partial charge is 0.143 e. The van der Waals surface area contributed by atoms with Crippen LogP contribution in [0, 0.1) is 17.7 Å². The SMILES string of the molecule is CCCC#Cc1ccc(Cl)c(F)c1. The highest BCUT2D eigenvalue weighted by Crippen LogP contribution is 2.14. The van der Waals surface area contributed by atoms with Crippen molar-refractivity contribution in [3.8, 4) is 11.8 Å². The Hall–Kier alpha value is -1.00. The van der Waals surface area contributed by atoms with Gasteiger partial charge < -0.3 is 0 Å². The Balaban J connectivity index is 2.81. The van der Waals surface area contributed by atoms with E-state index >= 15 is 0 Å². The molecule has 1 rings (SSSR count). The van der Waals surface area contributed by atoms with Crippen LogP contribution in [-0.4, -0.2) is 0 Å². The van der Waals surface area contributed by atoms with Gasteiger partial charge in [0.1, 0.15) is 5.82 Å². The molecule has 2 heteroatoms. The van der Waals surface area contributed by atoms with E-state index in [1.807, 2.05) is 0 Å². The maximum atomic E-state index is 12.9. The molecule has 0 aromatic heterocycles. The van der Waals surface area contributed by atoms with Gasteiger partial charge in [-0.2, -0.15) is 0 Å². The van der Waals surface area contributed by atoms with Gasteiger partial charge in [0.15, 0.2) is 0 Å². The van der Waals surface area contributed by atoms with Gasteiger partial charge in [-0.3, -0.25) is 0 Å². The Morgan fingerprint density at radius 1 is 1.46 bits per heavy atom. The molecule has 0 saturated heterocycles. The van der Waals surface area contributed by atoms with Crippen molar-refractivity contribution in [3.05, 3.63) is 34.6 Å². The first kappa shape index (κ1) is 10.1. The van der Waals surface area contributed by atoms with Crippen LogP contribution >= 0.6 is 11.6 Å². The minimum absolute atomic E-state index is 0.140. The van der Waals surface area contributed by atoms with Crippen LogP contribution in [0.25, 0.3) is 0 Å². The summed E-state index contributed by atoms with van der Waals surface area (Å²) in [6, 6.07) is 4.59. The van der Waals surface area contributed by atoms with Gasteiger partial charge in [0, 0.05) is 12.0 Å². The molecule has 0 N–H and O–H groups in total. The lowest BCUT2D eigenvalue weighted by Crippen LogP contribution is -1.79. The predicted molar refractivity (Wildman–Crippen MR) is 53.2 cm³/mol. The quantitative estimate of drug-likeness (QED) is 0.602. The van der Waals surface area contributed by atoms with E-state index in [1.165, 1.54) is 12.1 Å². The summed E-state index contributed by atoms with van der Waals surface area (Å²) < 4.78 is 12.9. The van der Waals surface area contributed by atoms with Gasteiger partial charge in [-0.15, -0.1) is 0 Å². The van der Waals surface area contributed by atoms with Crippen molar-refractivity contribution in [3.63, 3.8) is 0 Å². The Labute approximate surface area is 82.7 Å². The molecule has 0 unspecified atom stereocenters. The third-order valence-electron chi connectivity index (χ3n) is 1.53. The fraction of sp³-hybridized carbons (Fsp3) is 0.273. The zero-order valence-corrected chi connectivity index (χ0v) is 8.16. The Morgan fingerprint density at radius 3 is 2.85 bits per heavy atom. The third-order valence-corrected chi connectivity index (χ3v) is 1.83. The number of unbranched alkanes of at least 4 members (excludes halogenated alkanes) is 1. The van der Waals surface area contributed by atoms with Crippen molar-refractivity contribution in [1.29, 1.82) is 0 Å². The van der Waals surface area contributed by atoms with Gasteiger partial charge in [-0.25, -0.2) is 4.39 Å². The molecule has 0 nitrogen and oxygen atoms in total. The fourth-order valence-corrected chi connectivity index (χ4v) is 0.981. The second-order valence-corrected chi connectivity index (χ2v) is 3.09. The van der Waals surface area contributed by atoms with E-state index in [4.69, 9.17) is 11.6 Å². The summed E-state index contributed by atoms with van der Waals surface area (Å²) in [5.74, 6) is 5.39. The van der Waals surface area contributed by atoms with Crippen molar-refractivity contribution in [2.45, 2.75) is 19.8 Å². The van der Waals surface area contributed by atoms with Crippen LogP contribution in [0.2, 0.25) is 5.02 Å². The van der Waals surface area contributed by atoms with E-state index in [-0.39, 0.29) is 5.02 Å². The first-order valence-corrected chi connectivity index (χ1v) is 4.55. The predicted octanol–water partition coefficient (Wildman–Crippen LogP) is 3.63. The molecule has 0 atom stereocenters. The molecule has 0 aliphatic heterocycles. The summed E-state index contributed by atoms with van der Waals surface area (Å²) >= 11 is 5.52. The van der Waals surface area contributed by atoms with Crippen LogP contribution in [0.4, 0.5) is 4.39 Å². The molecule has 13 heavy (non-hydrogen) atoms. The molecule has 0 saturated carbocycles. The van der Waals surface area contributed by atoms with Crippen molar-refractivity contribution < 1.29 is 4.39 Å². The summed E-state index contributed by atoms with van der Waals surface area (Å²) in [7, 11) is 0. The summed E-state index contributed by atoms with van der Waals surface area (Å²) in [6.07, 6.45) is 1.85. The molecular formula is C11H10ClF. The van der Waals surface area contributed by atoms with E-state index in [9.17, 15) is 4.39 Å². The molecule has 0 aliphatic carbocycles. The summed E-state index contributed by atoms with van der Waals surface area (Å²) in [4.78, 5) is 0.